The van der Waals surface area contributed by atoms with Gasteiger partial charge >= 0.3 is 0 Å². The second kappa shape index (κ2) is 7.39. The first-order valence-corrected chi connectivity index (χ1v) is 9.58. The van der Waals surface area contributed by atoms with Crippen LogP contribution in [0.5, 0.6) is 0 Å². The minimum atomic E-state index is -0.387. The van der Waals surface area contributed by atoms with Crippen molar-refractivity contribution in [1.29, 1.82) is 0 Å². The Morgan fingerprint density at radius 1 is 1.31 bits per heavy atom. The summed E-state index contributed by atoms with van der Waals surface area (Å²) in [4.78, 5) is 20.2. The second-order valence-corrected chi connectivity index (χ2v) is 7.58. The number of fused-ring (bicyclic) bond motifs is 1. The Hall–Kier alpha value is -1.89. The normalized spacial score (nSPS) is 25.8. The smallest absolute Gasteiger partial charge is 0.237 e. The maximum Gasteiger partial charge on any atom is 0.237 e. The molecule has 26 heavy (non-hydrogen) atoms. The van der Waals surface area contributed by atoms with Gasteiger partial charge in [0.2, 0.25) is 5.91 Å². The molecular weight excluding hydrogens is 328 g/mol. The number of nitrogens with one attached hydrogen (secondary N) is 2. The van der Waals surface area contributed by atoms with Crippen molar-refractivity contribution in [3.8, 4) is 0 Å². The Morgan fingerprint density at radius 2 is 2.08 bits per heavy atom. The molecule has 2 aliphatic rings. The largest absolute Gasteiger partial charge is 0.392 e. The van der Waals surface area contributed by atoms with Gasteiger partial charge in [0, 0.05) is 43.3 Å². The fraction of sp³-hybridized carbons (Fsp3) is 0.550. The molecule has 2 aromatic rings. The number of aromatic amines is 1. The van der Waals surface area contributed by atoms with Crippen LogP contribution < -0.4 is 5.32 Å². The molecule has 1 amide bonds. The van der Waals surface area contributed by atoms with Gasteiger partial charge in [0.15, 0.2) is 0 Å². The number of nitrogens with zero attached hydrogens (tertiary/aromatic N) is 2. The maximum atomic E-state index is 12.1. The van der Waals surface area contributed by atoms with E-state index in [2.05, 4.69) is 50.6 Å². The summed E-state index contributed by atoms with van der Waals surface area (Å²) >= 11 is 0. The highest BCUT2D eigenvalue weighted by atomic mass is 16.3. The maximum absolute atomic E-state index is 12.1. The van der Waals surface area contributed by atoms with E-state index in [-0.39, 0.29) is 18.1 Å². The molecule has 3 heterocycles. The fourth-order valence-corrected chi connectivity index (χ4v) is 4.58. The molecule has 4 rings (SSSR count). The van der Waals surface area contributed by atoms with E-state index in [9.17, 15) is 9.90 Å². The molecule has 2 aliphatic heterocycles. The average Bonchev–Trinajstić information content (AvgIpc) is 3.26. The lowest BCUT2D eigenvalue weighted by Crippen LogP contribution is -2.50. The Balaban J connectivity index is 1.37. The van der Waals surface area contributed by atoms with Gasteiger partial charge in [-0.25, -0.2) is 0 Å². The third-order valence-electron chi connectivity index (χ3n) is 5.96. The number of benzene rings is 1. The van der Waals surface area contributed by atoms with Crippen molar-refractivity contribution in [3.63, 3.8) is 0 Å². The van der Waals surface area contributed by atoms with E-state index in [4.69, 9.17) is 0 Å². The van der Waals surface area contributed by atoms with Gasteiger partial charge in [-0.1, -0.05) is 18.2 Å². The number of H-pyrrole nitrogens is 1. The van der Waals surface area contributed by atoms with Crippen molar-refractivity contribution < 1.29 is 9.90 Å². The fourth-order valence-electron chi connectivity index (χ4n) is 4.58. The van der Waals surface area contributed by atoms with Crippen LogP contribution in [0.3, 0.4) is 0 Å². The number of para-hydroxylation sites is 1. The predicted molar refractivity (Wildman–Crippen MR) is 102 cm³/mol. The van der Waals surface area contributed by atoms with Crippen LogP contribution in [0.1, 0.15) is 24.8 Å². The van der Waals surface area contributed by atoms with Crippen molar-refractivity contribution in [2.24, 2.45) is 0 Å². The number of hydrogen-bond acceptors (Lipinski definition) is 4. The van der Waals surface area contributed by atoms with E-state index in [1.807, 2.05) is 0 Å². The van der Waals surface area contributed by atoms with Crippen molar-refractivity contribution >= 4 is 16.8 Å². The van der Waals surface area contributed by atoms with Crippen LogP contribution >= 0.6 is 0 Å². The first-order valence-electron chi connectivity index (χ1n) is 9.58. The molecule has 0 saturated carbocycles. The average molecular weight is 356 g/mol. The second-order valence-electron chi connectivity index (χ2n) is 7.58. The van der Waals surface area contributed by atoms with Crippen LogP contribution in [-0.2, 0) is 11.3 Å². The van der Waals surface area contributed by atoms with Crippen LogP contribution in [0.2, 0.25) is 0 Å². The highest BCUT2D eigenvalue weighted by molar-refractivity contribution is 5.83. The molecular formula is C20H28N4O2. The highest BCUT2D eigenvalue weighted by Gasteiger charge is 2.40. The molecule has 6 heteroatoms. The number of amides is 1. The SMILES string of the molecule is CNC(=O)[C@@H]1C[C@@H](O)CN1C1CCN(Cc2c[nH]c3ccccc23)CC1. The van der Waals surface area contributed by atoms with Gasteiger partial charge in [0.25, 0.3) is 0 Å². The van der Waals surface area contributed by atoms with Crippen LogP contribution in [-0.4, -0.2) is 70.7 Å². The van der Waals surface area contributed by atoms with Crippen LogP contribution in [0.4, 0.5) is 0 Å². The first-order chi connectivity index (χ1) is 12.7. The lowest BCUT2D eigenvalue weighted by Gasteiger charge is -2.38. The van der Waals surface area contributed by atoms with Crippen molar-refractivity contribution in [1.82, 2.24) is 20.1 Å². The van der Waals surface area contributed by atoms with Gasteiger partial charge in [0.05, 0.1) is 12.1 Å². The third kappa shape index (κ3) is 3.37. The number of β-amino-alcohol motifs (C(OH)–C–C–N with tert-alkyl or cyclic N) is 1. The summed E-state index contributed by atoms with van der Waals surface area (Å²) in [5.74, 6) is 0.0303. The summed E-state index contributed by atoms with van der Waals surface area (Å²) in [6.07, 6.45) is 4.37. The molecule has 2 atom stereocenters. The number of hydrogen-bond donors (Lipinski definition) is 3. The van der Waals surface area contributed by atoms with Gasteiger partial charge in [-0.05, 0) is 44.0 Å². The molecule has 2 saturated heterocycles. The number of rotatable bonds is 4. The zero-order chi connectivity index (χ0) is 18.1. The Bertz CT molecular complexity index is 766. The highest BCUT2D eigenvalue weighted by Crippen LogP contribution is 2.28. The molecule has 140 valence electrons. The van der Waals surface area contributed by atoms with Crippen LogP contribution in [0.25, 0.3) is 10.9 Å². The Kier molecular flexibility index (Phi) is 4.98. The number of aliphatic hydroxyl groups is 1. The van der Waals surface area contributed by atoms with Gasteiger partial charge in [-0.2, -0.15) is 0 Å². The van der Waals surface area contributed by atoms with E-state index < -0.39 is 0 Å². The minimum Gasteiger partial charge on any atom is -0.392 e. The number of likely N-dealkylation sites (tertiary alicyclic amines) is 2. The zero-order valence-electron chi connectivity index (χ0n) is 15.3. The van der Waals surface area contributed by atoms with E-state index in [0.717, 1.165) is 32.5 Å². The number of carbonyl (C=O) groups is 1. The molecule has 0 bridgehead atoms. The zero-order valence-corrected chi connectivity index (χ0v) is 15.3. The van der Waals surface area contributed by atoms with Crippen molar-refractivity contribution in [2.75, 3.05) is 26.7 Å². The predicted octanol–water partition coefficient (Wildman–Crippen LogP) is 1.31. The summed E-state index contributed by atoms with van der Waals surface area (Å²) in [5.41, 5.74) is 2.54. The molecule has 1 aromatic heterocycles. The number of aliphatic hydroxyl groups excluding tert-OH is 1. The number of likely N-dealkylation sites (N-methyl/N-ethyl adjacent to an activating group) is 1. The Labute approximate surface area is 154 Å². The lowest BCUT2D eigenvalue weighted by molar-refractivity contribution is -0.126. The molecule has 6 nitrogen and oxygen atoms in total. The summed E-state index contributed by atoms with van der Waals surface area (Å²) in [5, 5.41) is 14.1. The number of carbonyl (C=O) groups excluding carboxylic acids is 1. The van der Waals surface area contributed by atoms with Crippen LogP contribution in [0, 0.1) is 0 Å². The van der Waals surface area contributed by atoms with Gasteiger partial charge in [-0.3, -0.25) is 14.6 Å². The monoisotopic (exact) mass is 356 g/mol. The van der Waals surface area contributed by atoms with Gasteiger partial charge in [0.1, 0.15) is 0 Å². The molecule has 2 fully saturated rings. The van der Waals surface area contributed by atoms with E-state index in [1.54, 1.807) is 7.05 Å². The first kappa shape index (κ1) is 17.5. The lowest BCUT2D eigenvalue weighted by atomic mass is 10.0. The van der Waals surface area contributed by atoms with Crippen molar-refractivity contribution in [3.05, 3.63) is 36.0 Å². The van der Waals surface area contributed by atoms with E-state index in [1.165, 1.54) is 16.5 Å². The van der Waals surface area contributed by atoms with Gasteiger partial charge in [-0.15, -0.1) is 0 Å². The number of aromatic nitrogens is 1. The van der Waals surface area contributed by atoms with Crippen LogP contribution in [0.15, 0.2) is 30.5 Å². The van der Waals surface area contributed by atoms with Gasteiger partial charge < -0.3 is 15.4 Å². The third-order valence-corrected chi connectivity index (χ3v) is 5.96. The number of piperidine rings is 1. The molecule has 0 unspecified atom stereocenters. The molecule has 1 aromatic carbocycles. The minimum absolute atomic E-state index is 0.0303. The van der Waals surface area contributed by atoms with E-state index in [0.29, 0.717) is 19.0 Å². The van der Waals surface area contributed by atoms with E-state index >= 15 is 0 Å². The quantitative estimate of drug-likeness (QED) is 0.773. The summed E-state index contributed by atoms with van der Waals surface area (Å²) in [6.45, 7) is 3.62. The standard InChI is InChI=1S/C20H28N4O2/c1-21-20(26)19-10-16(25)13-24(19)15-6-8-23(9-7-15)12-14-11-22-18-5-3-2-4-17(14)18/h2-5,11,15-16,19,22,25H,6-10,12-13H2,1H3,(H,21,26)/t16-,19+/m1/s1. The summed E-state index contributed by atoms with van der Waals surface area (Å²) in [6, 6.07) is 8.63. The molecule has 0 aliphatic carbocycles. The molecule has 3 N–H and O–H groups in total. The molecule has 0 radical (unpaired) electrons. The summed E-state index contributed by atoms with van der Waals surface area (Å²) in [7, 11) is 1.68. The summed E-state index contributed by atoms with van der Waals surface area (Å²) < 4.78 is 0. The molecule has 0 spiro atoms. The Morgan fingerprint density at radius 3 is 2.85 bits per heavy atom. The topological polar surface area (TPSA) is 71.6 Å². The van der Waals surface area contributed by atoms with Crippen molar-refractivity contribution in [2.45, 2.75) is 44.0 Å².